The van der Waals surface area contributed by atoms with Gasteiger partial charge in [-0.3, -0.25) is 9.79 Å². The maximum absolute atomic E-state index is 12.5. The molecule has 1 amide bonds. The lowest BCUT2D eigenvalue weighted by atomic mass is 10.1. The zero-order valence-electron chi connectivity index (χ0n) is 17.1. The van der Waals surface area contributed by atoms with Crippen molar-refractivity contribution in [1.82, 2.24) is 10.6 Å². The van der Waals surface area contributed by atoms with Crippen molar-refractivity contribution in [2.45, 2.75) is 32.1 Å². The van der Waals surface area contributed by atoms with Crippen LogP contribution in [-0.2, 0) is 17.6 Å². The minimum atomic E-state index is 0. The van der Waals surface area contributed by atoms with Gasteiger partial charge in [-0.15, -0.1) is 24.0 Å². The van der Waals surface area contributed by atoms with Crippen molar-refractivity contribution in [2.24, 2.45) is 4.99 Å². The Hall–Kier alpha value is -2.09. The van der Waals surface area contributed by atoms with Crippen LogP contribution in [0.15, 0.2) is 59.6 Å². The molecule has 29 heavy (non-hydrogen) atoms. The van der Waals surface area contributed by atoms with Gasteiger partial charge in [-0.05, 0) is 42.9 Å². The Balaban J connectivity index is 0.00000300. The molecular weight excluding hydrogens is 475 g/mol. The first kappa shape index (κ1) is 23.2. The number of hydrogen-bond acceptors (Lipinski definition) is 2. The highest BCUT2D eigenvalue weighted by molar-refractivity contribution is 14.0. The van der Waals surface area contributed by atoms with Gasteiger partial charge in [0.1, 0.15) is 0 Å². The Bertz CT molecular complexity index is 794. The molecule has 0 fully saturated rings. The highest BCUT2D eigenvalue weighted by Crippen LogP contribution is 2.27. The number of nitrogens with one attached hydrogen (secondary N) is 2. The molecule has 0 saturated carbocycles. The van der Waals surface area contributed by atoms with E-state index in [-0.39, 0.29) is 29.9 Å². The van der Waals surface area contributed by atoms with Crippen LogP contribution in [0, 0.1) is 0 Å². The summed E-state index contributed by atoms with van der Waals surface area (Å²) in [6, 6.07) is 18.7. The summed E-state index contributed by atoms with van der Waals surface area (Å²) in [5.74, 6) is 1.00. The quantitative estimate of drug-likeness (QED) is 0.248. The summed E-state index contributed by atoms with van der Waals surface area (Å²) in [7, 11) is 1.78. The van der Waals surface area contributed by atoms with E-state index in [1.807, 2.05) is 29.2 Å². The van der Waals surface area contributed by atoms with E-state index >= 15 is 0 Å². The van der Waals surface area contributed by atoms with Crippen molar-refractivity contribution in [2.75, 3.05) is 31.6 Å². The van der Waals surface area contributed by atoms with Crippen LogP contribution in [0.3, 0.4) is 0 Å². The smallest absolute Gasteiger partial charge is 0.227 e. The predicted molar refractivity (Wildman–Crippen MR) is 131 cm³/mol. The van der Waals surface area contributed by atoms with Gasteiger partial charge in [0.15, 0.2) is 5.96 Å². The molecule has 1 aliphatic rings. The van der Waals surface area contributed by atoms with Crippen LogP contribution in [0.4, 0.5) is 5.69 Å². The fourth-order valence-electron chi connectivity index (χ4n) is 3.54. The summed E-state index contributed by atoms with van der Waals surface area (Å²) in [5.41, 5.74) is 3.71. The first-order chi connectivity index (χ1) is 13.8. The van der Waals surface area contributed by atoms with Gasteiger partial charge in [0.05, 0.1) is 0 Å². The van der Waals surface area contributed by atoms with Crippen LogP contribution in [-0.4, -0.2) is 38.5 Å². The van der Waals surface area contributed by atoms with Crippen molar-refractivity contribution in [3.8, 4) is 0 Å². The van der Waals surface area contributed by atoms with E-state index in [0.29, 0.717) is 6.42 Å². The molecule has 1 aliphatic heterocycles. The number of amides is 1. The first-order valence-corrected chi connectivity index (χ1v) is 10.1. The molecule has 3 rings (SSSR count). The number of carbonyl (C=O) groups excluding carboxylic acids is 1. The highest BCUT2D eigenvalue weighted by atomic mass is 127. The van der Waals surface area contributed by atoms with Gasteiger partial charge in [0.25, 0.3) is 0 Å². The Morgan fingerprint density at radius 3 is 2.45 bits per heavy atom. The van der Waals surface area contributed by atoms with Gasteiger partial charge in [0.2, 0.25) is 5.91 Å². The maximum Gasteiger partial charge on any atom is 0.227 e. The van der Waals surface area contributed by atoms with Gasteiger partial charge in [-0.2, -0.15) is 0 Å². The van der Waals surface area contributed by atoms with E-state index in [2.05, 4.69) is 46.0 Å². The summed E-state index contributed by atoms with van der Waals surface area (Å²) in [4.78, 5) is 18.7. The molecule has 1 heterocycles. The van der Waals surface area contributed by atoms with Crippen LogP contribution in [0.1, 0.15) is 30.4 Å². The molecule has 2 aromatic carbocycles. The Morgan fingerprint density at radius 1 is 1.00 bits per heavy atom. The number of aryl methyl sites for hydroxylation is 1. The number of rotatable bonds is 8. The summed E-state index contributed by atoms with van der Waals surface area (Å²) in [5, 5.41) is 6.64. The number of guanidine groups is 1. The van der Waals surface area contributed by atoms with Crippen molar-refractivity contribution < 1.29 is 4.79 Å². The molecule has 0 aromatic heterocycles. The van der Waals surface area contributed by atoms with Crippen molar-refractivity contribution in [1.29, 1.82) is 0 Å². The molecule has 2 aromatic rings. The second-order valence-corrected chi connectivity index (χ2v) is 7.04. The lowest BCUT2D eigenvalue weighted by Gasteiger charge is -2.17. The highest BCUT2D eigenvalue weighted by Gasteiger charge is 2.23. The Kier molecular flexibility index (Phi) is 9.97. The van der Waals surface area contributed by atoms with E-state index in [9.17, 15) is 4.79 Å². The molecular formula is C23H31IN4O. The summed E-state index contributed by atoms with van der Waals surface area (Å²) in [6.07, 6.45) is 4.41. The molecule has 0 spiro atoms. The minimum absolute atomic E-state index is 0. The number of anilines is 1. The van der Waals surface area contributed by atoms with Gasteiger partial charge >= 0.3 is 0 Å². The summed E-state index contributed by atoms with van der Waals surface area (Å²) in [6.45, 7) is 2.41. The molecule has 0 aliphatic carbocycles. The van der Waals surface area contributed by atoms with Crippen molar-refractivity contribution >= 4 is 41.5 Å². The summed E-state index contributed by atoms with van der Waals surface area (Å²) >= 11 is 0. The van der Waals surface area contributed by atoms with Gasteiger partial charge < -0.3 is 15.5 Å². The average molecular weight is 506 g/mol. The van der Waals surface area contributed by atoms with Gasteiger partial charge in [-0.1, -0.05) is 48.5 Å². The second-order valence-electron chi connectivity index (χ2n) is 7.04. The third kappa shape index (κ3) is 7.03. The number of aliphatic imine (C=N–C) groups is 1. The maximum atomic E-state index is 12.5. The van der Waals surface area contributed by atoms with Crippen molar-refractivity contribution in [3.63, 3.8) is 0 Å². The minimum Gasteiger partial charge on any atom is -0.356 e. The number of benzene rings is 2. The number of para-hydroxylation sites is 1. The molecule has 5 nitrogen and oxygen atoms in total. The lowest BCUT2D eigenvalue weighted by molar-refractivity contribution is -0.118. The lowest BCUT2D eigenvalue weighted by Crippen LogP contribution is -2.38. The largest absolute Gasteiger partial charge is 0.356 e. The third-order valence-electron chi connectivity index (χ3n) is 5.05. The third-order valence-corrected chi connectivity index (χ3v) is 5.05. The number of carbonyl (C=O) groups is 1. The van der Waals surface area contributed by atoms with Crippen molar-refractivity contribution in [3.05, 3.63) is 65.7 Å². The second kappa shape index (κ2) is 12.5. The molecule has 156 valence electrons. The number of halogens is 1. The summed E-state index contributed by atoms with van der Waals surface area (Å²) < 4.78 is 0. The van der Waals surface area contributed by atoms with Crippen LogP contribution in [0.5, 0.6) is 0 Å². The Labute approximate surface area is 191 Å². The number of hydrogen-bond donors (Lipinski definition) is 2. The monoisotopic (exact) mass is 506 g/mol. The van der Waals surface area contributed by atoms with E-state index in [1.54, 1.807) is 7.05 Å². The zero-order chi connectivity index (χ0) is 19.6. The van der Waals surface area contributed by atoms with E-state index in [0.717, 1.165) is 57.0 Å². The van der Waals surface area contributed by atoms with Crippen LogP contribution >= 0.6 is 24.0 Å². The fourth-order valence-corrected chi connectivity index (χ4v) is 3.54. The predicted octanol–water partition coefficient (Wildman–Crippen LogP) is 3.77. The first-order valence-electron chi connectivity index (χ1n) is 10.1. The fraction of sp³-hybridized carbons (Fsp3) is 0.391. The zero-order valence-corrected chi connectivity index (χ0v) is 19.4. The molecule has 6 heteroatoms. The molecule has 0 radical (unpaired) electrons. The topological polar surface area (TPSA) is 56.7 Å². The van der Waals surface area contributed by atoms with E-state index in [1.165, 1.54) is 11.1 Å². The van der Waals surface area contributed by atoms with Gasteiger partial charge in [0, 0.05) is 38.8 Å². The molecule has 0 bridgehead atoms. The van der Waals surface area contributed by atoms with E-state index < -0.39 is 0 Å². The molecule has 2 N–H and O–H groups in total. The van der Waals surface area contributed by atoms with Crippen LogP contribution < -0.4 is 15.5 Å². The van der Waals surface area contributed by atoms with Crippen LogP contribution in [0.25, 0.3) is 0 Å². The standard InChI is InChI=1S/C23H30N4O.HI/c1-24-23(25-16-7-11-19-9-3-2-4-10-19)26-17-8-14-22(28)27-18-15-20-12-5-6-13-21(20)27;/h2-6,9-10,12-13H,7-8,11,14-18H2,1H3,(H2,24,25,26);1H. The van der Waals surface area contributed by atoms with Crippen LogP contribution in [0.2, 0.25) is 0 Å². The normalized spacial score (nSPS) is 12.9. The molecule has 0 saturated heterocycles. The average Bonchev–Trinajstić information content (AvgIpc) is 3.17. The van der Waals surface area contributed by atoms with E-state index in [4.69, 9.17) is 0 Å². The Morgan fingerprint density at radius 2 is 1.69 bits per heavy atom. The van der Waals surface area contributed by atoms with Gasteiger partial charge in [-0.25, -0.2) is 0 Å². The molecule has 0 unspecified atom stereocenters. The SMILES string of the molecule is CN=C(NCCCC(=O)N1CCc2ccccc21)NCCCc1ccccc1.I. The number of fused-ring (bicyclic) bond motifs is 1. The number of nitrogens with zero attached hydrogens (tertiary/aromatic N) is 2. The molecule has 0 atom stereocenters.